The van der Waals surface area contributed by atoms with Crippen LogP contribution in [0.4, 0.5) is 4.79 Å². The normalized spacial score (nSPS) is 27.8. The number of carbonyl (C=O) groups is 5. The van der Waals surface area contributed by atoms with Crippen LogP contribution in [0.5, 0.6) is 5.75 Å². The molecule has 2 bridgehead atoms. The second kappa shape index (κ2) is 13.7. The fraction of sp³-hybridized carbons (Fsp3) is 0.667. The predicted molar refractivity (Wildman–Crippen MR) is 173 cm³/mol. The molecular weight excluding hydrogens is 623 g/mol. The fourth-order valence-corrected chi connectivity index (χ4v) is 7.94. The Bertz CT molecular complexity index is 1460. The molecule has 1 aromatic rings. The van der Waals surface area contributed by atoms with Gasteiger partial charge >= 0.3 is 30.9 Å². The van der Waals surface area contributed by atoms with E-state index in [1.807, 2.05) is 0 Å². The molecule has 1 aromatic carbocycles. The van der Waals surface area contributed by atoms with E-state index in [-0.39, 0.29) is 54.9 Å². The summed E-state index contributed by atoms with van der Waals surface area (Å²) in [6, 6.07) is 2.57. The Hall–Kier alpha value is -3.69. The molecule has 2 heterocycles. The van der Waals surface area contributed by atoms with Crippen LogP contribution in [-0.4, -0.2) is 115 Å². The summed E-state index contributed by atoms with van der Waals surface area (Å²) in [5.41, 5.74) is 0.257. The summed E-state index contributed by atoms with van der Waals surface area (Å²) >= 11 is 0. The molecule has 2 saturated heterocycles. The Morgan fingerprint density at radius 2 is 1.83 bits per heavy atom. The fourth-order valence-electron chi connectivity index (χ4n) is 7.94. The lowest BCUT2D eigenvalue weighted by Gasteiger charge is -2.64. The Labute approximate surface area is 281 Å². The molecule has 15 heteroatoms. The van der Waals surface area contributed by atoms with E-state index in [0.29, 0.717) is 18.0 Å². The van der Waals surface area contributed by atoms with E-state index < -0.39 is 60.5 Å². The van der Waals surface area contributed by atoms with Crippen LogP contribution in [0.15, 0.2) is 18.2 Å². The lowest BCUT2D eigenvalue weighted by Crippen LogP contribution is -2.65. The predicted octanol–water partition coefficient (Wildman–Crippen LogP) is 1.32. The van der Waals surface area contributed by atoms with Crippen molar-refractivity contribution in [3.8, 4) is 5.75 Å². The summed E-state index contributed by atoms with van der Waals surface area (Å²) in [7, 11) is 0.523. The van der Waals surface area contributed by atoms with Crippen LogP contribution in [0, 0.1) is 17.3 Å². The van der Waals surface area contributed by atoms with Crippen molar-refractivity contribution in [3.05, 3.63) is 29.3 Å². The standard InChI is InChI=1S/C33H47BN4O10/c1-8-37-13-14-38(29(42)28(37)41)31(44)36-25(18(3)39)27(40)35-24(15-19-11-10-12-21(26(19)45-7)30(43)46-9-2)34-47-23-17-20-16-22(32(20,4)5)33(23,6)48-34/h10-12,18,20,22-25,39H,8-9,13-17H2,1-7H3,(H,35,40)(H,36,44)/t18?,20-,22-,23?,24?,25?,33-/m0/s1. The first kappa shape index (κ1) is 35.6. The number of amides is 5. The molecule has 3 saturated carbocycles. The number of hydrogen-bond donors (Lipinski definition) is 3. The lowest BCUT2D eigenvalue weighted by atomic mass is 9.43. The van der Waals surface area contributed by atoms with Gasteiger partial charge in [-0.2, -0.15) is 0 Å². The third-order valence-electron chi connectivity index (χ3n) is 10.8. The monoisotopic (exact) mass is 670 g/mol. The van der Waals surface area contributed by atoms with Gasteiger partial charge in [0.1, 0.15) is 17.4 Å². The Morgan fingerprint density at radius 3 is 2.46 bits per heavy atom. The number of rotatable bonds is 11. The molecule has 0 radical (unpaired) electrons. The Morgan fingerprint density at radius 1 is 1.10 bits per heavy atom. The first-order valence-corrected chi connectivity index (χ1v) is 16.7. The number of piperazine rings is 1. The minimum absolute atomic E-state index is 0.0557. The van der Waals surface area contributed by atoms with Crippen molar-refractivity contribution in [2.75, 3.05) is 33.4 Å². The van der Waals surface area contributed by atoms with Crippen molar-refractivity contribution in [1.82, 2.24) is 20.4 Å². The number of carbonyl (C=O) groups excluding carboxylic acids is 5. The van der Waals surface area contributed by atoms with Crippen LogP contribution in [-0.2, 0) is 34.9 Å². The van der Waals surface area contributed by atoms with Gasteiger partial charge in [-0.3, -0.25) is 19.3 Å². The number of para-hydroxylation sites is 1. The van der Waals surface area contributed by atoms with Crippen molar-refractivity contribution in [2.24, 2.45) is 17.3 Å². The zero-order chi connectivity index (χ0) is 35.1. The van der Waals surface area contributed by atoms with Crippen LogP contribution in [0.25, 0.3) is 0 Å². The van der Waals surface area contributed by atoms with Crippen LogP contribution in [0.3, 0.4) is 0 Å². The maximum absolute atomic E-state index is 13.9. The molecule has 4 unspecified atom stereocenters. The highest BCUT2D eigenvalue weighted by atomic mass is 16.7. The molecule has 262 valence electrons. The van der Waals surface area contributed by atoms with Gasteiger partial charge in [0.2, 0.25) is 5.91 Å². The third kappa shape index (κ3) is 6.27. The number of hydrogen-bond acceptors (Lipinski definition) is 10. The SMILES string of the molecule is CCOC(=O)c1cccc(CC(NC(=O)C(NC(=O)N2CCN(CC)C(=O)C2=O)C(C)O)B2OC3C[C@@H]4C[C@@H](C4(C)C)[C@]3(C)O2)c1OC. The molecule has 2 aliphatic heterocycles. The number of urea groups is 1. The minimum atomic E-state index is -1.49. The van der Waals surface area contributed by atoms with Crippen LogP contribution in [0.2, 0.25) is 0 Å². The quantitative estimate of drug-likeness (QED) is 0.177. The van der Waals surface area contributed by atoms with Gasteiger partial charge in [0, 0.05) is 19.6 Å². The number of esters is 1. The molecule has 3 N–H and O–H groups in total. The van der Waals surface area contributed by atoms with Crippen molar-refractivity contribution < 1.29 is 47.9 Å². The number of aliphatic hydroxyl groups excluding tert-OH is 1. The number of imide groups is 1. The molecule has 6 rings (SSSR count). The molecule has 7 atom stereocenters. The zero-order valence-corrected chi connectivity index (χ0v) is 28.7. The Balaban J connectivity index is 1.41. The van der Waals surface area contributed by atoms with Gasteiger partial charge in [-0.25, -0.2) is 9.59 Å². The van der Waals surface area contributed by atoms with E-state index in [9.17, 15) is 29.1 Å². The van der Waals surface area contributed by atoms with Gasteiger partial charge in [0.05, 0.1) is 37.5 Å². The van der Waals surface area contributed by atoms with Gasteiger partial charge in [-0.15, -0.1) is 0 Å². The maximum atomic E-state index is 13.9. The molecule has 0 aromatic heterocycles. The van der Waals surface area contributed by atoms with E-state index in [1.165, 1.54) is 18.9 Å². The molecule has 5 amide bonds. The average Bonchev–Trinajstić information content (AvgIpc) is 3.41. The van der Waals surface area contributed by atoms with Crippen LogP contribution in [0.1, 0.15) is 70.3 Å². The number of benzene rings is 1. The molecule has 5 fully saturated rings. The van der Waals surface area contributed by atoms with Gasteiger partial charge in [-0.05, 0) is 75.8 Å². The molecular formula is C33H47BN4O10. The number of likely N-dealkylation sites (N-methyl/N-ethyl adjacent to an activating group) is 1. The highest BCUT2D eigenvalue weighted by molar-refractivity contribution is 6.48. The molecule has 3 aliphatic carbocycles. The van der Waals surface area contributed by atoms with E-state index in [0.717, 1.165) is 17.7 Å². The summed E-state index contributed by atoms with van der Waals surface area (Å²) in [6.45, 7) is 11.9. The smallest absolute Gasteiger partial charge is 0.482 e. The van der Waals surface area contributed by atoms with Crippen LogP contribution >= 0.6 is 0 Å². The molecule has 48 heavy (non-hydrogen) atoms. The van der Waals surface area contributed by atoms with E-state index in [4.69, 9.17) is 18.8 Å². The number of aliphatic hydroxyl groups is 1. The lowest BCUT2D eigenvalue weighted by molar-refractivity contribution is -0.199. The van der Waals surface area contributed by atoms with Gasteiger partial charge in [0.15, 0.2) is 0 Å². The van der Waals surface area contributed by atoms with Crippen molar-refractivity contribution >= 4 is 36.8 Å². The number of ether oxygens (including phenoxy) is 2. The largest absolute Gasteiger partial charge is 0.496 e. The average molecular weight is 671 g/mol. The molecule has 0 spiro atoms. The topological polar surface area (TPSA) is 173 Å². The highest BCUT2D eigenvalue weighted by Gasteiger charge is 2.68. The third-order valence-corrected chi connectivity index (χ3v) is 10.8. The van der Waals surface area contributed by atoms with E-state index >= 15 is 0 Å². The number of nitrogens with one attached hydrogen (secondary N) is 2. The summed E-state index contributed by atoms with van der Waals surface area (Å²) in [6.07, 6.45) is 0.344. The second-order valence-electron chi connectivity index (χ2n) is 13.9. The van der Waals surface area contributed by atoms with Gasteiger partial charge < -0.3 is 39.4 Å². The highest BCUT2D eigenvalue weighted by Crippen LogP contribution is 2.65. The van der Waals surface area contributed by atoms with E-state index in [1.54, 1.807) is 32.0 Å². The van der Waals surface area contributed by atoms with Crippen LogP contribution < -0.4 is 15.4 Å². The van der Waals surface area contributed by atoms with Crippen molar-refractivity contribution in [1.29, 1.82) is 0 Å². The van der Waals surface area contributed by atoms with Gasteiger partial charge in [0.25, 0.3) is 0 Å². The second-order valence-corrected chi connectivity index (χ2v) is 13.9. The molecule has 5 aliphatic rings. The first-order valence-electron chi connectivity index (χ1n) is 16.7. The number of methoxy groups -OCH3 is 1. The Kier molecular flexibility index (Phi) is 10.1. The summed E-state index contributed by atoms with van der Waals surface area (Å²) in [5.74, 6) is -3.00. The molecule has 14 nitrogen and oxygen atoms in total. The van der Waals surface area contributed by atoms with E-state index in [2.05, 4.69) is 31.4 Å². The summed E-state index contributed by atoms with van der Waals surface area (Å²) in [5, 5.41) is 16.0. The minimum Gasteiger partial charge on any atom is -0.496 e. The van der Waals surface area contributed by atoms with Crippen molar-refractivity contribution in [3.63, 3.8) is 0 Å². The van der Waals surface area contributed by atoms with Crippen molar-refractivity contribution in [2.45, 2.75) is 90.6 Å². The first-order chi connectivity index (χ1) is 22.7. The summed E-state index contributed by atoms with van der Waals surface area (Å²) < 4.78 is 24.1. The summed E-state index contributed by atoms with van der Waals surface area (Å²) in [4.78, 5) is 66.9. The maximum Gasteiger partial charge on any atom is 0.482 e. The zero-order valence-electron chi connectivity index (χ0n) is 28.7. The number of nitrogens with zero attached hydrogens (tertiary/aromatic N) is 2. The van der Waals surface area contributed by atoms with Gasteiger partial charge in [-0.1, -0.05) is 26.0 Å².